The molecule has 0 bridgehead atoms. The topological polar surface area (TPSA) is 18.5 Å². The van der Waals surface area contributed by atoms with Crippen molar-refractivity contribution < 1.29 is 0 Å². The van der Waals surface area contributed by atoms with E-state index >= 15 is 0 Å². The SMILES string of the molecule is CC1CN(CCN2CCCC2)c2ccccc2CN1. The van der Waals surface area contributed by atoms with Crippen LogP contribution in [0.2, 0.25) is 0 Å². The van der Waals surface area contributed by atoms with Crippen LogP contribution in [0.25, 0.3) is 0 Å². The van der Waals surface area contributed by atoms with Gasteiger partial charge in [0.05, 0.1) is 0 Å². The van der Waals surface area contributed by atoms with E-state index in [1.54, 1.807) is 0 Å². The molecule has 0 saturated carbocycles. The summed E-state index contributed by atoms with van der Waals surface area (Å²) >= 11 is 0. The number of anilines is 1. The first-order valence-corrected chi connectivity index (χ1v) is 7.61. The molecular formula is C16H25N3. The summed E-state index contributed by atoms with van der Waals surface area (Å²) in [7, 11) is 0. The van der Waals surface area contributed by atoms with Crippen molar-refractivity contribution in [1.29, 1.82) is 0 Å². The monoisotopic (exact) mass is 259 g/mol. The second kappa shape index (κ2) is 5.93. The smallest absolute Gasteiger partial charge is 0.0412 e. The summed E-state index contributed by atoms with van der Waals surface area (Å²) in [6.45, 7) is 9.35. The first-order valence-electron chi connectivity index (χ1n) is 7.61. The van der Waals surface area contributed by atoms with Crippen LogP contribution >= 0.6 is 0 Å². The predicted octanol–water partition coefficient (Wildman–Crippen LogP) is 2.08. The fraction of sp³-hybridized carbons (Fsp3) is 0.625. The van der Waals surface area contributed by atoms with E-state index in [1.165, 1.54) is 43.7 Å². The minimum Gasteiger partial charge on any atom is -0.368 e. The van der Waals surface area contributed by atoms with E-state index in [-0.39, 0.29) is 0 Å². The summed E-state index contributed by atoms with van der Waals surface area (Å²) in [5.41, 5.74) is 2.87. The third kappa shape index (κ3) is 3.10. The summed E-state index contributed by atoms with van der Waals surface area (Å²) < 4.78 is 0. The van der Waals surface area contributed by atoms with Crippen LogP contribution in [0.15, 0.2) is 24.3 Å². The number of para-hydroxylation sites is 1. The molecule has 104 valence electrons. The van der Waals surface area contributed by atoms with Crippen LogP contribution in [0.3, 0.4) is 0 Å². The van der Waals surface area contributed by atoms with Gasteiger partial charge in [-0.15, -0.1) is 0 Å². The number of nitrogens with zero attached hydrogens (tertiary/aromatic N) is 2. The van der Waals surface area contributed by atoms with Crippen molar-refractivity contribution in [2.45, 2.75) is 32.4 Å². The number of hydrogen-bond acceptors (Lipinski definition) is 3. The number of benzene rings is 1. The van der Waals surface area contributed by atoms with E-state index in [1.807, 2.05) is 0 Å². The summed E-state index contributed by atoms with van der Waals surface area (Å²) in [6, 6.07) is 9.40. The van der Waals surface area contributed by atoms with Gasteiger partial charge in [-0.3, -0.25) is 0 Å². The van der Waals surface area contributed by atoms with Crippen molar-refractivity contribution in [3.05, 3.63) is 29.8 Å². The lowest BCUT2D eigenvalue weighted by molar-refractivity contribution is 0.343. The molecule has 0 aromatic heterocycles. The fourth-order valence-electron chi connectivity index (χ4n) is 3.23. The van der Waals surface area contributed by atoms with Gasteiger partial charge in [0.2, 0.25) is 0 Å². The van der Waals surface area contributed by atoms with Gasteiger partial charge in [0, 0.05) is 37.9 Å². The van der Waals surface area contributed by atoms with E-state index in [2.05, 4.69) is 46.3 Å². The lowest BCUT2D eigenvalue weighted by atomic mass is 10.1. The summed E-state index contributed by atoms with van der Waals surface area (Å²) in [5, 5.41) is 3.60. The molecule has 19 heavy (non-hydrogen) atoms. The Morgan fingerprint density at radius 2 is 1.95 bits per heavy atom. The normalized spacial score (nSPS) is 24.3. The second-order valence-corrected chi connectivity index (χ2v) is 5.91. The van der Waals surface area contributed by atoms with E-state index in [0.717, 1.165) is 19.6 Å². The minimum absolute atomic E-state index is 0.561. The molecule has 1 aromatic rings. The Hall–Kier alpha value is -1.06. The highest BCUT2D eigenvalue weighted by Crippen LogP contribution is 2.23. The third-order valence-electron chi connectivity index (χ3n) is 4.35. The molecule has 2 aliphatic heterocycles. The zero-order chi connectivity index (χ0) is 13.1. The van der Waals surface area contributed by atoms with Crippen molar-refractivity contribution in [3.8, 4) is 0 Å². The zero-order valence-electron chi connectivity index (χ0n) is 11.9. The van der Waals surface area contributed by atoms with Gasteiger partial charge in [-0.1, -0.05) is 18.2 Å². The van der Waals surface area contributed by atoms with Crippen LogP contribution < -0.4 is 10.2 Å². The number of fused-ring (bicyclic) bond motifs is 1. The van der Waals surface area contributed by atoms with E-state index in [9.17, 15) is 0 Å². The first kappa shape index (κ1) is 12.9. The maximum absolute atomic E-state index is 3.60. The average molecular weight is 259 g/mol. The Balaban J connectivity index is 1.70. The van der Waals surface area contributed by atoms with Gasteiger partial charge in [0.1, 0.15) is 0 Å². The first-order chi connectivity index (χ1) is 9.33. The largest absolute Gasteiger partial charge is 0.368 e. The number of rotatable bonds is 3. The molecule has 0 aliphatic carbocycles. The zero-order valence-corrected chi connectivity index (χ0v) is 11.9. The molecule has 0 amide bonds. The highest BCUT2D eigenvalue weighted by molar-refractivity contribution is 5.54. The summed E-state index contributed by atoms with van der Waals surface area (Å²) in [4.78, 5) is 5.17. The molecule has 1 saturated heterocycles. The maximum atomic E-state index is 3.60. The predicted molar refractivity (Wildman–Crippen MR) is 80.6 cm³/mol. The van der Waals surface area contributed by atoms with Crippen LogP contribution in [-0.2, 0) is 6.54 Å². The molecule has 0 radical (unpaired) electrons. The van der Waals surface area contributed by atoms with Gasteiger partial charge in [-0.05, 0) is 44.5 Å². The second-order valence-electron chi connectivity index (χ2n) is 5.91. The standard InChI is InChI=1S/C16H25N3/c1-14-13-19(11-10-18-8-4-5-9-18)16-7-3-2-6-15(16)12-17-14/h2-3,6-7,14,17H,4-5,8-13H2,1H3. The van der Waals surface area contributed by atoms with Crippen LogP contribution in [0.1, 0.15) is 25.3 Å². The molecule has 3 rings (SSSR count). The average Bonchev–Trinajstić information content (AvgIpc) is 2.89. The van der Waals surface area contributed by atoms with Gasteiger partial charge in [0.15, 0.2) is 0 Å². The molecule has 1 aromatic carbocycles. The van der Waals surface area contributed by atoms with Gasteiger partial charge in [0.25, 0.3) is 0 Å². The van der Waals surface area contributed by atoms with Gasteiger partial charge in [-0.25, -0.2) is 0 Å². The number of likely N-dealkylation sites (tertiary alicyclic amines) is 1. The molecular weight excluding hydrogens is 234 g/mol. The van der Waals surface area contributed by atoms with Crippen molar-refractivity contribution >= 4 is 5.69 Å². The lowest BCUT2D eigenvalue weighted by Crippen LogP contribution is -2.40. The Labute approximate surface area is 116 Å². The Morgan fingerprint density at radius 1 is 1.16 bits per heavy atom. The summed E-state index contributed by atoms with van der Waals surface area (Å²) in [5.74, 6) is 0. The van der Waals surface area contributed by atoms with Crippen molar-refractivity contribution in [1.82, 2.24) is 10.2 Å². The highest BCUT2D eigenvalue weighted by Gasteiger charge is 2.19. The molecule has 2 heterocycles. The fourth-order valence-corrected chi connectivity index (χ4v) is 3.23. The van der Waals surface area contributed by atoms with Crippen molar-refractivity contribution in [3.63, 3.8) is 0 Å². The third-order valence-corrected chi connectivity index (χ3v) is 4.35. The Kier molecular flexibility index (Phi) is 4.04. The van der Waals surface area contributed by atoms with Crippen LogP contribution in [0, 0.1) is 0 Å². The van der Waals surface area contributed by atoms with Crippen molar-refractivity contribution in [2.75, 3.05) is 37.6 Å². The molecule has 3 heteroatoms. The quantitative estimate of drug-likeness (QED) is 0.896. The van der Waals surface area contributed by atoms with Crippen LogP contribution in [-0.4, -0.2) is 43.7 Å². The van der Waals surface area contributed by atoms with Crippen LogP contribution in [0.4, 0.5) is 5.69 Å². The maximum Gasteiger partial charge on any atom is 0.0412 e. The molecule has 1 fully saturated rings. The minimum atomic E-state index is 0.561. The molecule has 0 spiro atoms. The van der Waals surface area contributed by atoms with Crippen molar-refractivity contribution in [2.24, 2.45) is 0 Å². The molecule has 1 N–H and O–H groups in total. The van der Waals surface area contributed by atoms with E-state index in [4.69, 9.17) is 0 Å². The molecule has 2 aliphatic rings. The number of hydrogen-bond donors (Lipinski definition) is 1. The van der Waals surface area contributed by atoms with Gasteiger partial charge < -0.3 is 15.1 Å². The van der Waals surface area contributed by atoms with Gasteiger partial charge >= 0.3 is 0 Å². The Bertz CT molecular complexity index is 412. The molecule has 1 unspecified atom stereocenters. The lowest BCUT2D eigenvalue weighted by Gasteiger charge is -2.28. The van der Waals surface area contributed by atoms with Gasteiger partial charge in [-0.2, -0.15) is 0 Å². The van der Waals surface area contributed by atoms with E-state index in [0.29, 0.717) is 6.04 Å². The van der Waals surface area contributed by atoms with E-state index < -0.39 is 0 Å². The summed E-state index contributed by atoms with van der Waals surface area (Å²) in [6.07, 6.45) is 2.77. The highest BCUT2D eigenvalue weighted by atomic mass is 15.2. The number of nitrogens with one attached hydrogen (secondary N) is 1. The Morgan fingerprint density at radius 3 is 2.79 bits per heavy atom. The van der Waals surface area contributed by atoms with Crippen LogP contribution in [0.5, 0.6) is 0 Å². The molecule has 1 atom stereocenters. The molecule has 3 nitrogen and oxygen atoms in total.